The lowest BCUT2D eigenvalue weighted by Crippen LogP contribution is -2.36. The number of nitrogens with zero attached hydrogens (tertiary/aromatic N) is 2. The van der Waals surface area contributed by atoms with Gasteiger partial charge in [0.15, 0.2) is 0 Å². The third-order valence-corrected chi connectivity index (χ3v) is 5.07. The van der Waals surface area contributed by atoms with Crippen molar-refractivity contribution in [1.82, 2.24) is 14.9 Å². The molecule has 0 amide bonds. The molecule has 0 saturated carbocycles. The van der Waals surface area contributed by atoms with Gasteiger partial charge < -0.3 is 0 Å². The number of rotatable bonds is 3. The van der Waals surface area contributed by atoms with Crippen LogP contribution in [0.4, 0.5) is 4.39 Å². The predicted molar refractivity (Wildman–Crippen MR) is 86.9 cm³/mol. The average Bonchev–Trinajstić information content (AvgIpc) is 2.49. The first-order valence-electron chi connectivity index (χ1n) is 7.53. The number of aromatic amines is 1. The number of aryl methyl sites for hydroxylation is 1. The summed E-state index contributed by atoms with van der Waals surface area (Å²) in [7, 11) is -3.55. The minimum absolute atomic E-state index is 0.269. The largest absolute Gasteiger partial charge is 0.297 e. The highest BCUT2D eigenvalue weighted by Gasteiger charge is 2.23. The van der Waals surface area contributed by atoms with E-state index in [-0.39, 0.29) is 11.0 Å². The molecule has 0 radical (unpaired) electrons. The number of hydrogen-bond acceptors (Lipinski definition) is 5. The van der Waals surface area contributed by atoms with Crippen molar-refractivity contribution >= 4 is 9.84 Å². The number of sulfone groups is 1. The van der Waals surface area contributed by atoms with Crippen LogP contribution < -0.4 is 5.56 Å². The number of fused-ring (bicyclic) bond motifs is 1. The van der Waals surface area contributed by atoms with Gasteiger partial charge in [-0.2, -0.15) is 0 Å². The number of H-pyrrole nitrogens is 1. The van der Waals surface area contributed by atoms with E-state index in [9.17, 15) is 17.6 Å². The van der Waals surface area contributed by atoms with Gasteiger partial charge in [-0.3, -0.25) is 14.7 Å². The van der Waals surface area contributed by atoms with Crippen molar-refractivity contribution in [3.05, 3.63) is 56.8 Å². The molecule has 24 heavy (non-hydrogen) atoms. The SMILES string of the molecule is Cc1cc(F)ccc1CN1CCc2nc(S(C)(=O)=O)[nH]c(=O)c2C1. The zero-order valence-electron chi connectivity index (χ0n) is 13.5. The lowest BCUT2D eigenvalue weighted by molar-refractivity contribution is 0.240. The summed E-state index contributed by atoms with van der Waals surface area (Å²) in [5.41, 5.74) is 2.47. The van der Waals surface area contributed by atoms with E-state index >= 15 is 0 Å². The molecule has 1 aliphatic rings. The van der Waals surface area contributed by atoms with Crippen molar-refractivity contribution in [1.29, 1.82) is 0 Å². The molecule has 1 aromatic heterocycles. The number of aromatic nitrogens is 2. The van der Waals surface area contributed by atoms with E-state index in [0.29, 0.717) is 37.3 Å². The summed E-state index contributed by atoms with van der Waals surface area (Å²) in [6, 6.07) is 4.66. The summed E-state index contributed by atoms with van der Waals surface area (Å²) in [4.78, 5) is 20.7. The Morgan fingerprint density at radius 1 is 1.38 bits per heavy atom. The Hall–Kier alpha value is -2.06. The molecule has 0 unspecified atom stereocenters. The van der Waals surface area contributed by atoms with E-state index < -0.39 is 15.4 Å². The van der Waals surface area contributed by atoms with E-state index in [1.165, 1.54) is 12.1 Å². The molecule has 0 bridgehead atoms. The summed E-state index contributed by atoms with van der Waals surface area (Å²) in [6.07, 6.45) is 1.52. The molecule has 2 heterocycles. The third-order valence-electron chi connectivity index (χ3n) is 4.18. The summed E-state index contributed by atoms with van der Waals surface area (Å²) >= 11 is 0. The van der Waals surface area contributed by atoms with Crippen molar-refractivity contribution in [2.24, 2.45) is 0 Å². The van der Waals surface area contributed by atoms with Crippen molar-refractivity contribution in [3.8, 4) is 0 Å². The Balaban J connectivity index is 1.86. The molecule has 8 heteroatoms. The number of nitrogens with one attached hydrogen (secondary N) is 1. The molecule has 0 fully saturated rings. The summed E-state index contributed by atoms with van der Waals surface area (Å²) in [6.45, 7) is 3.49. The van der Waals surface area contributed by atoms with Crippen molar-refractivity contribution < 1.29 is 12.8 Å². The monoisotopic (exact) mass is 351 g/mol. The lowest BCUT2D eigenvalue weighted by Gasteiger charge is -2.28. The standard InChI is InChI=1S/C16H18FN3O3S/c1-10-7-12(17)4-3-11(10)8-20-6-5-14-13(9-20)15(21)19-16(18-14)24(2,22)23/h3-4,7H,5-6,8-9H2,1-2H3,(H,18,19,21). The quantitative estimate of drug-likeness (QED) is 0.840. The van der Waals surface area contributed by atoms with Gasteiger partial charge in [0.2, 0.25) is 15.0 Å². The fraction of sp³-hybridized carbons (Fsp3) is 0.375. The van der Waals surface area contributed by atoms with Gasteiger partial charge in [-0.25, -0.2) is 17.8 Å². The first-order chi connectivity index (χ1) is 11.2. The van der Waals surface area contributed by atoms with Gasteiger partial charge in [0, 0.05) is 32.3 Å². The van der Waals surface area contributed by atoms with Gasteiger partial charge in [0.1, 0.15) is 5.82 Å². The van der Waals surface area contributed by atoms with Gasteiger partial charge >= 0.3 is 0 Å². The topological polar surface area (TPSA) is 83.1 Å². The molecule has 0 spiro atoms. The smallest absolute Gasteiger partial charge is 0.256 e. The van der Waals surface area contributed by atoms with Gasteiger partial charge in [0.25, 0.3) is 5.56 Å². The first-order valence-corrected chi connectivity index (χ1v) is 9.42. The van der Waals surface area contributed by atoms with Crippen LogP contribution in [0.15, 0.2) is 28.2 Å². The molecule has 1 aromatic carbocycles. The molecule has 128 valence electrons. The maximum atomic E-state index is 13.2. The molecule has 2 aromatic rings. The van der Waals surface area contributed by atoms with E-state index in [1.54, 1.807) is 6.07 Å². The first kappa shape index (κ1) is 16.8. The summed E-state index contributed by atoms with van der Waals surface area (Å²) < 4.78 is 36.3. The predicted octanol–water partition coefficient (Wildman–Crippen LogP) is 1.18. The van der Waals surface area contributed by atoms with Gasteiger partial charge in [-0.15, -0.1) is 0 Å². The third kappa shape index (κ3) is 3.39. The van der Waals surface area contributed by atoms with Crippen molar-refractivity contribution in [2.45, 2.75) is 31.6 Å². The Morgan fingerprint density at radius 2 is 2.12 bits per heavy atom. The second-order valence-electron chi connectivity index (χ2n) is 6.10. The van der Waals surface area contributed by atoms with Crippen LogP contribution in [0.1, 0.15) is 22.4 Å². The van der Waals surface area contributed by atoms with Crippen molar-refractivity contribution in [3.63, 3.8) is 0 Å². The second-order valence-corrected chi connectivity index (χ2v) is 8.03. The van der Waals surface area contributed by atoms with Crippen LogP contribution in [0, 0.1) is 12.7 Å². The van der Waals surface area contributed by atoms with Crippen LogP contribution in [0.2, 0.25) is 0 Å². The zero-order chi connectivity index (χ0) is 17.5. The Kier molecular flexibility index (Phi) is 4.27. The van der Waals surface area contributed by atoms with E-state index in [4.69, 9.17) is 0 Å². The Labute approximate surface area is 139 Å². The molecular weight excluding hydrogens is 333 g/mol. The fourth-order valence-electron chi connectivity index (χ4n) is 2.85. The Bertz CT molecular complexity index is 954. The molecule has 0 aliphatic carbocycles. The number of hydrogen-bond donors (Lipinski definition) is 1. The molecule has 0 saturated heterocycles. The highest BCUT2D eigenvalue weighted by Crippen LogP contribution is 2.19. The maximum absolute atomic E-state index is 13.2. The second kappa shape index (κ2) is 6.10. The molecule has 3 rings (SSSR count). The number of benzene rings is 1. The zero-order valence-corrected chi connectivity index (χ0v) is 14.3. The van der Waals surface area contributed by atoms with Gasteiger partial charge in [0.05, 0.1) is 11.3 Å². The van der Waals surface area contributed by atoms with Gasteiger partial charge in [-0.05, 0) is 30.2 Å². The molecule has 1 aliphatic heterocycles. The van der Waals surface area contributed by atoms with Crippen LogP contribution in [-0.4, -0.2) is 36.1 Å². The van der Waals surface area contributed by atoms with Crippen LogP contribution in [0.3, 0.4) is 0 Å². The van der Waals surface area contributed by atoms with Crippen LogP contribution in [0.25, 0.3) is 0 Å². The van der Waals surface area contributed by atoms with E-state index in [2.05, 4.69) is 14.9 Å². The summed E-state index contributed by atoms with van der Waals surface area (Å²) in [5, 5.41) is -0.283. The minimum atomic E-state index is -3.55. The normalized spacial score (nSPS) is 15.3. The van der Waals surface area contributed by atoms with Crippen LogP contribution in [0.5, 0.6) is 0 Å². The maximum Gasteiger partial charge on any atom is 0.256 e. The van der Waals surface area contributed by atoms with Gasteiger partial charge in [-0.1, -0.05) is 6.07 Å². The molecule has 6 nitrogen and oxygen atoms in total. The Morgan fingerprint density at radius 3 is 2.79 bits per heavy atom. The molecular formula is C16H18FN3O3S. The van der Waals surface area contributed by atoms with Crippen molar-refractivity contribution in [2.75, 3.05) is 12.8 Å². The lowest BCUT2D eigenvalue weighted by atomic mass is 10.0. The highest BCUT2D eigenvalue weighted by atomic mass is 32.2. The van der Waals surface area contributed by atoms with Crippen LogP contribution >= 0.6 is 0 Å². The summed E-state index contributed by atoms with van der Waals surface area (Å²) in [5.74, 6) is -0.269. The highest BCUT2D eigenvalue weighted by molar-refractivity contribution is 7.90. The molecule has 0 atom stereocenters. The number of halogens is 1. The van der Waals surface area contributed by atoms with E-state index in [1.807, 2.05) is 6.92 Å². The fourth-order valence-corrected chi connectivity index (χ4v) is 3.40. The minimum Gasteiger partial charge on any atom is -0.297 e. The van der Waals surface area contributed by atoms with E-state index in [0.717, 1.165) is 17.4 Å². The van der Waals surface area contributed by atoms with Crippen LogP contribution in [-0.2, 0) is 29.3 Å². The average molecular weight is 351 g/mol. The molecule has 1 N–H and O–H groups in total.